The molecular formula is C14H21ClN2O2S. The zero-order chi connectivity index (χ0) is 13.7. The van der Waals surface area contributed by atoms with E-state index in [1.165, 1.54) is 0 Å². The Bertz CT molecular complexity index is 450. The van der Waals surface area contributed by atoms with E-state index >= 15 is 0 Å². The molecule has 3 unspecified atom stereocenters. The van der Waals surface area contributed by atoms with Crippen molar-refractivity contribution in [1.29, 1.82) is 0 Å². The molecule has 20 heavy (non-hydrogen) atoms. The van der Waals surface area contributed by atoms with Crippen molar-refractivity contribution in [2.75, 3.05) is 25.1 Å². The van der Waals surface area contributed by atoms with Gasteiger partial charge in [0.2, 0.25) is 5.91 Å². The lowest BCUT2D eigenvalue weighted by atomic mass is 10.1. The van der Waals surface area contributed by atoms with Gasteiger partial charge in [0.15, 0.2) is 0 Å². The maximum atomic E-state index is 12.2. The van der Waals surface area contributed by atoms with Gasteiger partial charge in [-0.05, 0) is 18.5 Å². The van der Waals surface area contributed by atoms with Crippen LogP contribution in [-0.4, -0.2) is 35.2 Å². The smallest absolute Gasteiger partial charge is 0.224 e. The van der Waals surface area contributed by atoms with Gasteiger partial charge < -0.3 is 10.6 Å². The molecule has 0 radical (unpaired) electrons. The van der Waals surface area contributed by atoms with Gasteiger partial charge in [0, 0.05) is 29.4 Å². The predicted molar refractivity (Wildman–Crippen MR) is 84.5 cm³/mol. The van der Waals surface area contributed by atoms with Crippen LogP contribution in [0.4, 0.5) is 0 Å². The fourth-order valence-electron chi connectivity index (χ4n) is 2.31. The molecule has 1 amide bonds. The molecule has 2 rings (SSSR count). The average molecular weight is 317 g/mol. The Morgan fingerprint density at radius 1 is 1.45 bits per heavy atom. The second kappa shape index (κ2) is 8.39. The summed E-state index contributed by atoms with van der Waals surface area (Å²) < 4.78 is 11.5. The van der Waals surface area contributed by atoms with Gasteiger partial charge in [-0.25, -0.2) is 0 Å². The highest BCUT2D eigenvalue weighted by atomic mass is 35.5. The van der Waals surface area contributed by atoms with Crippen molar-refractivity contribution in [1.82, 2.24) is 10.6 Å². The summed E-state index contributed by atoms with van der Waals surface area (Å²) in [6.07, 6.45) is 2.54. The van der Waals surface area contributed by atoms with Crippen LogP contribution in [0, 0.1) is 5.92 Å². The van der Waals surface area contributed by atoms with Crippen LogP contribution in [0.5, 0.6) is 0 Å². The van der Waals surface area contributed by atoms with Crippen molar-refractivity contribution in [2.24, 2.45) is 5.92 Å². The fourth-order valence-corrected chi connectivity index (χ4v) is 3.05. The van der Waals surface area contributed by atoms with Crippen LogP contribution in [0.15, 0.2) is 30.3 Å². The molecule has 1 aromatic rings. The number of rotatable bonds is 5. The second-order valence-corrected chi connectivity index (χ2v) is 6.38. The number of amides is 1. The normalized spacial score (nSPS) is 20.8. The van der Waals surface area contributed by atoms with Crippen molar-refractivity contribution in [3.63, 3.8) is 0 Å². The third-order valence-corrected chi connectivity index (χ3v) is 4.15. The van der Waals surface area contributed by atoms with E-state index in [-0.39, 0.29) is 30.3 Å². The molecule has 1 aliphatic rings. The highest BCUT2D eigenvalue weighted by molar-refractivity contribution is 7.84. The first-order chi connectivity index (χ1) is 9.16. The van der Waals surface area contributed by atoms with E-state index < -0.39 is 10.8 Å². The van der Waals surface area contributed by atoms with Gasteiger partial charge in [-0.3, -0.25) is 9.00 Å². The van der Waals surface area contributed by atoms with Gasteiger partial charge >= 0.3 is 0 Å². The summed E-state index contributed by atoms with van der Waals surface area (Å²) in [4.78, 5) is 12.2. The zero-order valence-electron chi connectivity index (χ0n) is 11.5. The number of halogens is 1. The van der Waals surface area contributed by atoms with Crippen LogP contribution in [0.1, 0.15) is 18.0 Å². The SMILES string of the molecule is CS(=O)CC(NC(=O)C1CCNC1)c1ccccc1.Cl. The van der Waals surface area contributed by atoms with Crippen molar-refractivity contribution < 1.29 is 9.00 Å². The zero-order valence-corrected chi connectivity index (χ0v) is 13.1. The standard InChI is InChI=1S/C14H20N2O2S.ClH/c1-19(18)10-13(11-5-3-2-4-6-11)16-14(17)12-7-8-15-9-12;/h2-6,12-13,15H,7-10H2,1H3,(H,16,17);1H. The van der Waals surface area contributed by atoms with Crippen molar-refractivity contribution in [3.05, 3.63) is 35.9 Å². The van der Waals surface area contributed by atoms with E-state index in [2.05, 4.69) is 10.6 Å². The van der Waals surface area contributed by atoms with E-state index in [4.69, 9.17) is 0 Å². The number of carbonyl (C=O) groups excluding carboxylic acids is 1. The quantitative estimate of drug-likeness (QED) is 0.859. The van der Waals surface area contributed by atoms with E-state index in [0.717, 1.165) is 25.1 Å². The number of nitrogens with one attached hydrogen (secondary N) is 2. The predicted octanol–water partition coefficient (Wildman–Crippen LogP) is 1.25. The number of hydrogen-bond acceptors (Lipinski definition) is 3. The van der Waals surface area contributed by atoms with Gasteiger partial charge in [-0.1, -0.05) is 30.3 Å². The molecule has 0 aromatic heterocycles. The monoisotopic (exact) mass is 316 g/mol. The van der Waals surface area contributed by atoms with Crippen LogP contribution in [0.3, 0.4) is 0 Å². The van der Waals surface area contributed by atoms with Crippen LogP contribution < -0.4 is 10.6 Å². The van der Waals surface area contributed by atoms with Gasteiger partial charge in [-0.15, -0.1) is 12.4 Å². The van der Waals surface area contributed by atoms with Crippen LogP contribution >= 0.6 is 12.4 Å². The minimum atomic E-state index is -0.944. The highest BCUT2D eigenvalue weighted by Gasteiger charge is 2.25. The summed E-state index contributed by atoms with van der Waals surface area (Å²) in [6.45, 7) is 1.64. The largest absolute Gasteiger partial charge is 0.348 e. The maximum absolute atomic E-state index is 12.2. The molecule has 1 heterocycles. The number of hydrogen-bond donors (Lipinski definition) is 2. The summed E-state index contributed by atoms with van der Waals surface area (Å²) in [5.41, 5.74) is 1.01. The Balaban J connectivity index is 0.00000200. The molecule has 0 aliphatic carbocycles. The van der Waals surface area contributed by atoms with Crippen LogP contribution in [0.2, 0.25) is 0 Å². The molecule has 0 saturated carbocycles. The third-order valence-electron chi connectivity index (χ3n) is 3.35. The van der Waals surface area contributed by atoms with E-state index in [1.54, 1.807) is 6.26 Å². The summed E-state index contributed by atoms with van der Waals surface area (Å²) in [5.74, 6) is 0.552. The molecule has 3 atom stereocenters. The number of carbonyl (C=O) groups is 1. The number of benzene rings is 1. The molecule has 6 heteroatoms. The minimum Gasteiger partial charge on any atom is -0.348 e. The Morgan fingerprint density at radius 2 is 2.15 bits per heavy atom. The molecule has 1 fully saturated rings. The second-order valence-electron chi connectivity index (χ2n) is 4.90. The molecule has 0 bridgehead atoms. The van der Waals surface area contributed by atoms with E-state index in [1.807, 2.05) is 30.3 Å². The molecule has 1 saturated heterocycles. The Hall–Kier alpha value is -0.910. The van der Waals surface area contributed by atoms with E-state index in [0.29, 0.717) is 5.75 Å². The Morgan fingerprint density at radius 3 is 2.70 bits per heavy atom. The molecule has 1 aliphatic heterocycles. The van der Waals surface area contributed by atoms with Crippen molar-refractivity contribution in [3.8, 4) is 0 Å². The topological polar surface area (TPSA) is 58.2 Å². The molecule has 1 aromatic carbocycles. The first-order valence-corrected chi connectivity index (χ1v) is 8.25. The molecule has 2 N–H and O–H groups in total. The summed E-state index contributed by atoms with van der Waals surface area (Å²) >= 11 is 0. The molecule has 112 valence electrons. The summed E-state index contributed by atoms with van der Waals surface area (Å²) in [5, 5.41) is 6.22. The first-order valence-electron chi connectivity index (χ1n) is 6.53. The third kappa shape index (κ3) is 4.89. The lowest BCUT2D eigenvalue weighted by molar-refractivity contribution is -0.125. The van der Waals surface area contributed by atoms with Gasteiger partial charge in [-0.2, -0.15) is 0 Å². The summed E-state index contributed by atoms with van der Waals surface area (Å²) in [6, 6.07) is 9.57. The Labute approximate surface area is 128 Å². The van der Waals surface area contributed by atoms with Crippen molar-refractivity contribution in [2.45, 2.75) is 12.5 Å². The molecule has 4 nitrogen and oxygen atoms in total. The Kier molecular flexibility index (Phi) is 7.19. The van der Waals surface area contributed by atoms with E-state index in [9.17, 15) is 9.00 Å². The average Bonchev–Trinajstić information content (AvgIpc) is 2.92. The van der Waals surface area contributed by atoms with Crippen molar-refractivity contribution >= 4 is 29.1 Å². The first kappa shape index (κ1) is 17.1. The fraction of sp³-hybridized carbons (Fsp3) is 0.500. The lowest BCUT2D eigenvalue weighted by Gasteiger charge is -2.20. The summed E-state index contributed by atoms with van der Waals surface area (Å²) in [7, 11) is -0.944. The van der Waals surface area contributed by atoms with Gasteiger partial charge in [0.1, 0.15) is 0 Å². The highest BCUT2D eigenvalue weighted by Crippen LogP contribution is 2.16. The van der Waals surface area contributed by atoms with Gasteiger partial charge in [0.05, 0.1) is 12.0 Å². The van der Waals surface area contributed by atoms with Crippen LogP contribution in [-0.2, 0) is 15.6 Å². The molecule has 0 spiro atoms. The minimum absolute atomic E-state index is 0. The van der Waals surface area contributed by atoms with Gasteiger partial charge in [0.25, 0.3) is 0 Å². The maximum Gasteiger partial charge on any atom is 0.224 e. The molecular weight excluding hydrogens is 296 g/mol. The lowest BCUT2D eigenvalue weighted by Crippen LogP contribution is -2.37. The van der Waals surface area contributed by atoms with Crippen LogP contribution in [0.25, 0.3) is 0 Å².